The van der Waals surface area contributed by atoms with E-state index >= 15 is 0 Å². The third-order valence-electron chi connectivity index (χ3n) is 2.52. The second-order valence-electron chi connectivity index (χ2n) is 3.48. The quantitative estimate of drug-likeness (QED) is 0.505. The van der Waals surface area contributed by atoms with Gasteiger partial charge in [0.05, 0.1) is 5.71 Å². The largest absolute Gasteiger partial charge is 0.411 e. The van der Waals surface area contributed by atoms with E-state index in [1.54, 1.807) is 0 Å². The highest BCUT2D eigenvalue weighted by Gasteiger charge is 2.29. The van der Waals surface area contributed by atoms with Crippen molar-refractivity contribution in [2.24, 2.45) is 11.1 Å². The lowest BCUT2D eigenvalue weighted by atomic mass is 9.95. The van der Waals surface area contributed by atoms with Crippen molar-refractivity contribution in [3.63, 3.8) is 0 Å². The highest BCUT2D eigenvalue weighted by molar-refractivity contribution is 8.00. The van der Waals surface area contributed by atoms with Gasteiger partial charge in [-0.05, 0) is 6.42 Å². The zero-order chi connectivity index (χ0) is 9.14. The van der Waals surface area contributed by atoms with E-state index in [4.69, 9.17) is 5.21 Å². The number of hydrogen-bond acceptors (Lipinski definition) is 3. The van der Waals surface area contributed by atoms with E-state index in [-0.39, 0.29) is 0 Å². The molecule has 1 aliphatic rings. The van der Waals surface area contributed by atoms with Crippen molar-refractivity contribution in [1.29, 1.82) is 0 Å². The van der Waals surface area contributed by atoms with E-state index in [0.29, 0.717) is 16.4 Å². The van der Waals surface area contributed by atoms with Crippen LogP contribution < -0.4 is 0 Å². The molecule has 1 aliphatic heterocycles. The van der Waals surface area contributed by atoms with Crippen LogP contribution >= 0.6 is 11.8 Å². The molecule has 0 unspecified atom stereocenters. The van der Waals surface area contributed by atoms with Gasteiger partial charge in [-0.25, -0.2) is 0 Å². The maximum absolute atomic E-state index is 8.77. The van der Waals surface area contributed by atoms with Crippen LogP contribution in [0.5, 0.6) is 0 Å². The van der Waals surface area contributed by atoms with Crippen LogP contribution in [0.25, 0.3) is 0 Å². The molecule has 1 heterocycles. The molecule has 12 heavy (non-hydrogen) atoms. The monoisotopic (exact) mass is 187 g/mol. The molecule has 0 aromatic heterocycles. The van der Waals surface area contributed by atoms with Crippen molar-refractivity contribution < 1.29 is 5.21 Å². The normalized spacial score (nSPS) is 40.2. The average Bonchev–Trinajstić information content (AvgIpc) is 2.08. The van der Waals surface area contributed by atoms with Crippen LogP contribution in [0, 0.1) is 5.92 Å². The van der Waals surface area contributed by atoms with Crippen LogP contribution in [0.1, 0.15) is 33.6 Å². The molecule has 0 aliphatic carbocycles. The van der Waals surface area contributed by atoms with Crippen LogP contribution in [-0.4, -0.2) is 21.4 Å². The first-order valence-corrected chi connectivity index (χ1v) is 5.49. The fourth-order valence-corrected chi connectivity index (χ4v) is 3.19. The first kappa shape index (κ1) is 9.90. The molecule has 1 fully saturated rings. The van der Waals surface area contributed by atoms with Crippen molar-refractivity contribution in [2.45, 2.75) is 44.1 Å². The summed E-state index contributed by atoms with van der Waals surface area (Å²) in [5.74, 6) is 0.446. The number of rotatable bonds is 1. The molecule has 70 valence electrons. The zero-order valence-corrected chi connectivity index (χ0v) is 8.77. The maximum Gasteiger partial charge on any atom is 0.0620 e. The molecule has 0 aromatic carbocycles. The van der Waals surface area contributed by atoms with Crippen molar-refractivity contribution in [2.75, 3.05) is 0 Å². The average molecular weight is 187 g/mol. The highest BCUT2D eigenvalue weighted by atomic mass is 32.2. The summed E-state index contributed by atoms with van der Waals surface area (Å²) in [6, 6.07) is 0. The zero-order valence-electron chi connectivity index (χ0n) is 7.95. The molecule has 1 N–H and O–H groups in total. The summed E-state index contributed by atoms with van der Waals surface area (Å²) in [7, 11) is 0. The molecule has 1 rings (SSSR count). The Hall–Kier alpha value is -0.180. The van der Waals surface area contributed by atoms with E-state index < -0.39 is 0 Å². The van der Waals surface area contributed by atoms with Gasteiger partial charge in [0.15, 0.2) is 0 Å². The first-order valence-electron chi connectivity index (χ1n) is 4.55. The van der Waals surface area contributed by atoms with Gasteiger partial charge in [0, 0.05) is 22.8 Å². The molecule has 0 spiro atoms. The lowest BCUT2D eigenvalue weighted by molar-refractivity contribution is 0.312. The number of thioether (sulfide) groups is 1. The molecule has 0 saturated carbocycles. The van der Waals surface area contributed by atoms with Crippen LogP contribution in [0.15, 0.2) is 5.16 Å². The minimum Gasteiger partial charge on any atom is -0.411 e. The van der Waals surface area contributed by atoms with Gasteiger partial charge in [-0.1, -0.05) is 25.9 Å². The minimum absolute atomic E-state index is 0.446. The third-order valence-corrected chi connectivity index (χ3v) is 4.24. The van der Waals surface area contributed by atoms with Gasteiger partial charge in [0.25, 0.3) is 0 Å². The lowest BCUT2D eigenvalue weighted by Crippen LogP contribution is -2.32. The molecule has 0 aromatic rings. The Morgan fingerprint density at radius 3 is 2.75 bits per heavy atom. The van der Waals surface area contributed by atoms with Gasteiger partial charge >= 0.3 is 0 Å². The van der Waals surface area contributed by atoms with Gasteiger partial charge in [-0.2, -0.15) is 11.8 Å². The molecule has 3 atom stereocenters. The van der Waals surface area contributed by atoms with Gasteiger partial charge < -0.3 is 5.21 Å². The van der Waals surface area contributed by atoms with Gasteiger partial charge in [0.2, 0.25) is 0 Å². The molecular formula is C9H17NOS. The van der Waals surface area contributed by atoms with Gasteiger partial charge in [-0.15, -0.1) is 0 Å². The second kappa shape index (κ2) is 4.17. The van der Waals surface area contributed by atoms with Crippen molar-refractivity contribution in [1.82, 2.24) is 0 Å². The van der Waals surface area contributed by atoms with Crippen LogP contribution in [0.2, 0.25) is 0 Å². The standard InChI is InChI=1S/C9H17NOS/c1-4-9-7(3)8(10-11)5-6(2)12-9/h6-7,9,11H,4-5H2,1-3H3/b10-8-/t6-,7+,9-/m0/s1. The summed E-state index contributed by atoms with van der Waals surface area (Å²) in [4.78, 5) is 0. The molecule has 1 saturated heterocycles. The Morgan fingerprint density at radius 2 is 2.25 bits per heavy atom. The molecule has 0 radical (unpaired) electrons. The SMILES string of the molecule is CC[C@@H]1S[C@@H](C)C/C(=N/O)[C@H]1C. The van der Waals surface area contributed by atoms with Crippen molar-refractivity contribution >= 4 is 17.5 Å². The number of oxime groups is 1. The first-order chi connectivity index (χ1) is 5.69. The van der Waals surface area contributed by atoms with Gasteiger partial charge in [0.1, 0.15) is 0 Å². The maximum atomic E-state index is 8.77. The predicted octanol–water partition coefficient (Wildman–Crippen LogP) is 2.76. The molecule has 0 amide bonds. The summed E-state index contributed by atoms with van der Waals surface area (Å²) < 4.78 is 0. The Balaban J connectivity index is 2.68. The van der Waals surface area contributed by atoms with E-state index in [1.165, 1.54) is 0 Å². The third kappa shape index (κ3) is 1.94. The van der Waals surface area contributed by atoms with Crippen molar-refractivity contribution in [3.8, 4) is 0 Å². The number of hydrogen-bond donors (Lipinski definition) is 1. The Morgan fingerprint density at radius 1 is 1.58 bits per heavy atom. The van der Waals surface area contributed by atoms with E-state index in [1.807, 2.05) is 11.8 Å². The Bertz CT molecular complexity index is 181. The Kier molecular flexibility index (Phi) is 3.44. The van der Waals surface area contributed by atoms with Crippen LogP contribution in [0.3, 0.4) is 0 Å². The molecule has 2 nitrogen and oxygen atoms in total. The van der Waals surface area contributed by atoms with Gasteiger partial charge in [-0.3, -0.25) is 0 Å². The van der Waals surface area contributed by atoms with Crippen LogP contribution in [0.4, 0.5) is 0 Å². The highest BCUT2D eigenvalue weighted by Crippen LogP contribution is 2.35. The summed E-state index contributed by atoms with van der Waals surface area (Å²) in [5, 5.41) is 13.4. The number of nitrogens with zero attached hydrogens (tertiary/aromatic N) is 1. The molecule has 0 bridgehead atoms. The minimum atomic E-state index is 0.446. The van der Waals surface area contributed by atoms with E-state index in [0.717, 1.165) is 18.6 Å². The predicted molar refractivity (Wildman–Crippen MR) is 54.1 cm³/mol. The van der Waals surface area contributed by atoms with E-state index in [9.17, 15) is 0 Å². The fourth-order valence-electron chi connectivity index (χ4n) is 1.74. The fraction of sp³-hybridized carbons (Fsp3) is 0.889. The smallest absolute Gasteiger partial charge is 0.0620 e. The summed E-state index contributed by atoms with van der Waals surface area (Å²) in [6.45, 7) is 6.55. The summed E-state index contributed by atoms with van der Waals surface area (Å²) in [6.07, 6.45) is 2.11. The summed E-state index contributed by atoms with van der Waals surface area (Å²) >= 11 is 2.02. The lowest BCUT2D eigenvalue weighted by Gasteiger charge is -2.32. The molecule has 3 heteroatoms. The second-order valence-corrected chi connectivity index (χ2v) is 5.16. The molecular weight excluding hydrogens is 170 g/mol. The summed E-state index contributed by atoms with van der Waals surface area (Å²) in [5.41, 5.74) is 0.980. The Labute approximate surface area is 78.4 Å². The van der Waals surface area contributed by atoms with Crippen LogP contribution in [-0.2, 0) is 0 Å². The van der Waals surface area contributed by atoms with E-state index in [2.05, 4.69) is 25.9 Å². The topological polar surface area (TPSA) is 32.6 Å². The van der Waals surface area contributed by atoms with Crippen molar-refractivity contribution in [3.05, 3.63) is 0 Å².